The van der Waals surface area contributed by atoms with Crippen LogP contribution in [0.3, 0.4) is 0 Å². The quantitative estimate of drug-likeness (QED) is 0.672. The zero-order valence-electron chi connectivity index (χ0n) is 10.2. The third kappa shape index (κ3) is 1.22. The number of ether oxygens (including phenoxy) is 1. The van der Waals surface area contributed by atoms with Crippen LogP contribution in [-0.4, -0.2) is 35.7 Å². The Balaban J connectivity index is 1.64. The highest BCUT2D eigenvalue weighted by Gasteiger charge is 2.76. The average molecular weight is 224 g/mol. The lowest BCUT2D eigenvalue weighted by atomic mass is 9.72. The van der Waals surface area contributed by atoms with Crippen LogP contribution in [0.2, 0.25) is 0 Å². The van der Waals surface area contributed by atoms with Gasteiger partial charge < -0.3 is 15.4 Å². The summed E-state index contributed by atoms with van der Waals surface area (Å²) in [6.07, 6.45) is 1.05. The van der Waals surface area contributed by atoms with E-state index in [2.05, 4.69) is 0 Å². The van der Waals surface area contributed by atoms with Crippen LogP contribution in [0.4, 0.5) is 4.79 Å². The SMILES string of the molecule is CC(C)(C)OC(=O)N1C[C@H]2[C@H](N)C3CC32C1. The molecule has 1 saturated heterocycles. The molecule has 2 unspecified atom stereocenters. The zero-order valence-corrected chi connectivity index (χ0v) is 10.2. The Morgan fingerprint density at radius 2 is 2.12 bits per heavy atom. The molecule has 0 aromatic heterocycles. The van der Waals surface area contributed by atoms with Crippen LogP contribution in [0.5, 0.6) is 0 Å². The van der Waals surface area contributed by atoms with Crippen LogP contribution in [0, 0.1) is 17.3 Å². The Hall–Kier alpha value is -0.770. The first-order valence-electron chi connectivity index (χ1n) is 6.07. The van der Waals surface area contributed by atoms with E-state index in [1.807, 2.05) is 25.7 Å². The molecule has 1 amide bonds. The van der Waals surface area contributed by atoms with Crippen LogP contribution in [0.25, 0.3) is 0 Å². The van der Waals surface area contributed by atoms with Gasteiger partial charge in [0.05, 0.1) is 0 Å². The summed E-state index contributed by atoms with van der Waals surface area (Å²) in [5.74, 6) is 1.22. The second kappa shape index (κ2) is 2.73. The van der Waals surface area contributed by atoms with Crippen molar-refractivity contribution in [2.45, 2.75) is 38.8 Å². The van der Waals surface area contributed by atoms with Gasteiger partial charge in [0.15, 0.2) is 0 Å². The average Bonchev–Trinajstić information content (AvgIpc) is 2.61. The van der Waals surface area contributed by atoms with Crippen LogP contribution >= 0.6 is 0 Å². The van der Waals surface area contributed by atoms with Gasteiger partial charge in [0, 0.05) is 19.1 Å². The molecule has 0 aromatic carbocycles. The number of carbonyl (C=O) groups is 1. The molecule has 3 aliphatic rings. The molecule has 4 heteroatoms. The number of nitrogens with zero attached hydrogens (tertiary/aromatic N) is 1. The highest BCUT2D eigenvalue weighted by atomic mass is 16.6. The molecule has 16 heavy (non-hydrogen) atoms. The van der Waals surface area contributed by atoms with Crippen molar-refractivity contribution in [1.82, 2.24) is 4.90 Å². The number of amides is 1. The Bertz CT molecular complexity index is 349. The fourth-order valence-electron chi connectivity index (χ4n) is 3.57. The first-order valence-corrected chi connectivity index (χ1v) is 6.07. The number of carbonyl (C=O) groups excluding carboxylic acids is 1. The molecule has 4 nitrogen and oxygen atoms in total. The lowest BCUT2D eigenvalue weighted by Crippen LogP contribution is -2.48. The Labute approximate surface area is 96.1 Å². The molecular formula is C12H20N2O2. The van der Waals surface area contributed by atoms with Crippen LogP contribution in [0.1, 0.15) is 27.2 Å². The van der Waals surface area contributed by atoms with E-state index in [0.29, 0.717) is 23.3 Å². The molecule has 1 aliphatic heterocycles. The number of likely N-dealkylation sites (tertiary alicyclic amines) is 1. The van der Waals surface area contributed by atoms with Crippen LogP contribution in [-0.2, 0) is 4.74 Å². The Morgan fingerprint density at radius 3 is 2.62 bits per heavy atom. The van der Waals surface area contributed by atoms with Crippen molar-refractivity contribution in [3.63, 3.8) is 0 Å². The smallest absolute Gasteiger partial charge is 0.410 e. The number of hydrogen-bond acceptors (Lipinski definition) is 3. The van der Waals surface area contributed by atoms with Gasteiger partial charge in [-0.05, 0) is 44.4 Å². The van der Waals surface area contributed by atoms with E-state index >= 15 is 0 Å². The van der Waals surface area contributed by atoms with Crippen molar-refractivity contribution >= 4 is 6.09 Å². The maximum Gasteiger partial charge on any atom is 0.410 e. The Kier molecular flexibility index (Phi) is 1.77. The monoisotopic (exact) mass is 224 g/mol. The molecule has 0 aromatic rings. The summed E-state index contributed by atoms with van der Waals surface area (Å²) in [4.78, 5) is 13.8. The maximum atomic E-state index is 11.9. The molecule has 2 N–H and O–H groups in total. The van der Waals surface area contributed by atoms with Crippen molar-refractivity contribution in [1.29, 1.82) is 0 Å². The fraction of sp³-hybridized carbons (Fsp3) is 0.917. The molecule has 3 rings (SSSR count). The third-order valence-electron chi connectivity index (χ3n) is 4.40. The molecule has 1 spiro atoms. The minimum atomic E-state index is -0.401. The summed E-state index contributed by atoms with van der Waals surface area (Å²) in [6, 6.07) is 0.326. The third-order valence-corrected chi connectivity index (χ3v) is 4.40. The zero-order chi connectivity index (χ0) is 11.7. The Morgan fingerprint density at radius 1 is 1.44 bits per heavy atom. The number of rotatable bonds is 0. The lowest BCUT2D eigenvalue weighted by molar-refractivity contribution is 0.0284. The standard InChI is InChI=1S/C12H20N2O2/c1-11(2,3)16-10(15)14-5-8-9(13)7-4-12(7,8)6-14/h7-9H,4-6,13H2,1-3H3/t7?,8-,9+,12?/m0/s1. The van der Waals surface area contributed by atoms with E-state index < -0.39 is 5.60 Å². The van der Waals surface area contributed by atoms with Gasteiger partial charge in [0.25, 0.3) is 0 Å². The molecule has 2 saturated carbocycles. The van der Waals surface area contributed by atoms with Gasteiger partial charge >= 0.3 is 6.09 Å². The summed E-state index contributed by atoms with van der Waals surface area (Å²) in [7, 11) is 0. The minimum Gasteiger partial charge on any atom is -0.444 e. The molecule has 4 atom stereocenters. The summed E-state index contributed by atoms with van der Waals surface area (Å²) in [5.41, 5.74) is 6.05. The second-order valence-corrected chi connectivity index (χ2v) is 6.59. The molecule has 90 valence electrons. The first kappa shape index (κ1) is 10.4. The van der Waals surface area contributed by atoms with Crippen molar-refractivity contribution in [2.24, 2.45) is 23.0 Å². The normalized spacial score (nSPS) is 44.5. The predicted octanol–water partition coefficient (Wildman–Crippen LogP) is 1.20. The van der Waals surface area contributed by atoms with Gasteiger partial charge in [-0.15, -0.1) is 0 Å². The van der Waals surface area contributed by atoms with E-state index in [1.54, 1.807) is 0 Å². The van der Waals surface area contributed by atoms with Crippen LogP contribution < -0.4 is 5.73 Å². The lowest BCUT2D eigenvalue weighted by Gasteiger charge is -2.35. The van der Waals surface area contributed by atoms with Gasteiger partial charge in [-0.3, -0.25) is 0 Å². The largest absolute Gasteiger partial charge is 0.444 e. The van der Waals surface area contributed by atoms with Gasteiger partial charge in [-0.25, -0.2) is 4.79 Å². The van der Waals surface area contributed by atoms with Crippen molar-refractivity contribution < 1.29 is 9.53 Å². The minimum absolute atomic E-state index is 0.172. The van der Waals surface area contributed by atoms with E-state index in [0.717, 1.165) is 13.1 Å². The molecule has 2 aliphatic carbocycles. The van der Waals surface area contributed by atoms with Gasteiger partial charge in [0.2, 0.25) is 0 Å². The number of nitrogens with two attached hydrogens (primary N) is 1. The van der Waals surface area contributed by atoms with Gasteiger partial charge in [-0.2, -0.15) is 0 Å². The fourth-order valence-corrected chi connectivity index (χ4v) is 3.57. The van der Waals surface area contributed by atoms with Crippen molar-refractivity contribution in [3.05, 3.63) is 0 Å². The molecule has 0 radical (unpaired) electrons. The highest BCUT2D eigenvalue weighted by Crippen LogP contribution is 2.72. The molecule has 1 heterocycles. The number of hydrogen-bond donors (Lipinski definition) is 1. The maximum absolute atomic E-state index is 11.9. The molecule has 3 fully saturated rings. The van der Waals surface area contributed by atoms with E-state index in [9.17, 15) is 4.79 Å². The summed E-state index contributed by atoms with van der Waals surface area (Å²) >= 11 is 0. The molecule has 0 bridgehead atoms. The van der Waals surface area contributed by atoms with E-state index in [4.69, 9.17) is 10.5 Å². The van der Waals surface area contributed by atoms with E-state index in [-0.39, 0.29) is 6.09 Å². The predicted molar refractivity (Wildman–Crippen MR) is 59.8 cm³/mol. The van der Waals surface area contributed by atoms with Crippen molar-refractivity contribution in [2.75, 3.05) is 13.1 Å². The summed E-state index contributed by atoms with van der Waals surface area (Å²) < 4.78 is 5.39. The van der Waals surface area contributed by atoms with E-state index in [1.165, 1.54) is 6.42 Å². The summed E-state index contributed by atoms with van der Waals surface area (Å²) in [5, 5.41) is 0. The van der Waals surface area contributed by atoms with Crippen molar-refractivity contribution in [3.8, 4) is 0 Å². The van der Waals surface area contributed by atoms with Crippen LogP contribution in [0.15, 0.2) is 0 Å². The second-order valence-electron chi connectivity index (χ2n) is 6.59. The summed E-state index contributed by atoms with van der Waals surface area (Å²) in [6.45, 7) is 7.37. The first-order chi connectivity index (χ1) is 7.33. The van der Waals surface area contributed by atoms with Gasteiger partial charge in [0.1, 0.15) is 5.60 Å². The highest BCUT2D eigenvalue weighted by molar-refractivity contribution is 5.69. The topological polar surface area (TPSA) is 55.6 Å². The van der Waals surface area contributed by atoms with Gasteiger partial charge in [-0.1, -0.05) is 0 Å². The molecular weight excluding hydrogens is 204 g/mol.